The second-order valence-corrected chi connectivity index (χ2v) is 14.5. The molecule has 0 spiro atoms. The number of anilines is 3. The minimum absolute atomic E-state index is 1.13. The first-order valence-corrected chi connectivity index (χ1v) is 18.4. The van der Waals surface area contributed by atoms with Gasteiger partial charge in [-0.3, -0.25) is 0 Å². The van der Waals surface area contributed by atoms with Crippen molar-refractivity contribution in [3.05, 3.63) is 176 Å². The average molecular weight is 672 g/mol. The highest BCUT2D eigenvalue weighted by molar-refractivity contribution is 6.36. The number of benzene rings is 9. The van der Waals surface area contributed by atoms with Gasteiger partial charge in [0.1, 0.15) is 0 Å². The van der Waals surface area contributed by atoms with E-state index in [0.717, 1.165) is 17.1 Å². The number of rotatable bonds is 3. The summed E-state index contributed by atoms with van der Waals surface area (Å²) < 4.78 is 5.11. The van der Waals surface area contributed by atoms with Crippen LogP contribution in [0.15, 0.2) is 176 Å². The van der Waals surface area contributed by atoms with Crippen LogP contribution in [-0.2, 0) is 0 Å². The van der Waals surface area contributed by atoms with Gasteiger partial charge in [-0.05, 0) is 76.1 Å². The average Bonchev–Trinajstić information content (AvgIpc) is 3.94. The molecule has 0 aliphatic heterocycles. The topological polar surface area (TPSA) is 12.1 Å². The van der Waals surface area contributed by atoms with E-state index in [1.165, 1.54) is 97.7 Å². The molecule has 0 amide bonds. The molecule has 0 unspecified atom stereocenters. The summed E-state index contributed by atoms with van der Waals surface area (Å²) in [6, 6.07) is 64.9. The van der Waals surface area contributed by atoms with Gasteiger partial charge < -0.3 is 13.7 Å². The summed E-state index contributed by atoms with van der Waals surface area (Å²) in [7, 11) is 0. The first-order valence-electron chi connectivity index (χ1n) is 18.4. The second kappa shape index (κ2) is 9.81. The third-order valence-electron chi connectivity index (χ3n) is 11.9. The maximum Gasteiger partial charge on any atom is 0.0782 e. The molecular weight excluding hydrogens is 643 g/mol. The van der Waals surface area contributed by atoms with Gasteiger partial charge in [-0.2, -0.15) is 0 Å². The van der Waals surface area contributed by atoms with Crippen molar-refractivity contribution in [2.75, 3.05) is 4.90 Å². The number of para-hydroxylation sites is 4. The number of nitrogens with zero attached hydrogens (tertiary/aromatic N) is 3. The highest BCUT2D eigenvalue weighted by Crippen LogP contribution is 2.49. The summed E-state index contributed by atoms with van der Waals surface area (Å²) in [5.74, 6) is 0. The number of fused-ring (bicyclic) bond motifs is 16. The zero-order valence-corrected chi connectivity index (χ0v) is 28.6. The largest absolute Gasteiger partial charge is 0.308 e. The molecule has 13 aromatic rings. The number of aromatic nitrogens is 2. The van der Waals surface area contributed by atoms with E-state index in [9.17, 15) is 0 Å². The normalized spacial score (nSPS) is 12.5. The molecule has 3 nitrogen and oxygen atoms in total. The van der Waals surface area contributed by atoms with Crippen molar-refractivity contribution in [3.63, 3.8) is 0 Å². The van der Waals surface area contributed by atoms with Gasteiger partial charge in [-0.25, -0.2) is 0 Å². The minimum atomic E-state index is 1.13. The second-order valence-electron chi connectivity index (χ2n) is 14.5. The summed E-state index contributed by atoms with van der Waals surface area (Å²) >= 11 is 0. The lowest BCUT2D eigenvalue weighted by atomic mass is 9.97. The zero-order chi connectivity index (χ0) is 34.4. The molecule has 0 fully saturated rings. The van der Waals surface area contributed by atoms with Crippen LogP contribution in [0.4, 0.5) is 17.1 Å². The van der Waals surface area contributed by atoms with E-state index in [1.54, 1.807) is 0 Å². The van der Waals surface area contributed by atoms with Crippen LogP contribution in [0.5, 0.6) is 0 Å². The Hall–Kier alpha value is -7.10. The summed E-state index contributed by atoms with van der Waals surface area (Å²) in [5.41, 5.74) is 11.0. The molecule has 0 bridgehead atoms. The fourth-order valence-corrected chi connectivity index (χ4v) is 9.80. The quantitative estimate of drug-likeness (QED) is 0.182. The van der Waals surface area contributed by atoms with E-state index in [0.29, 0.717) is 0 Å². The maximum absolute atomic E-state index is 2.56. The van der Waals surface area contributed by atoms with Gasteiger partial charge in [0.25, 0.3) is 0 Å². The van der Waals surface area contributed by atoms with Crippen molar-refractivity contribution in [2.24, 2.45) is 0 Å². The third-order valence-corrected chi connectivity index (χ3v) is 11.9. The van der Waals surface area contributed by atoms with E-state index in [1.807, 2.05) is 0 Å². The van der Waals surface area contributed by atoms with E-state index < -0.39 is 0 Å². The van der Waals surface area contributed by atoms with E-state index in [-0.39, 0.29) is 0 Å². The van der Waals surface area contributed by atoms with Crippen molar-refractivity contribution in [1.29, 1.82) is 0 Å². The fraction of sp³-hybridized carbons (Fsp3) is 0. The first kappa shape index (κ1) is 27.6. The Labute approximate surface area is 303 Å². The lowest BCUT2D eigenvalue weighted by Crippen LogP contribution is -2.10. The molecule has 0 N–H and O–H groups in total. The van der Waals surface area contributed by atoms with Crippen LogP contribution in [0.3, 0.4) is 0 Å². The zero-order valence-electron chi connectivity index (χ0n) is 28.6. The Morgan fingerprint density at radius 3 is 1.58 bits per heavy atom. The smallest absolute Gasteiger partial charge is 0.0782 e. The summed E-state index contributed by atoms with van der Waals surface area (Å²) in [4.78, 5) is 2.41. The molecule has 0 saturated heterocycles. The van der Waals surface area contributed by atoms with E-state index in [4.69, 9.17) is 0 Å². The third kappa shape index (κ3) is 3.40. The minimum Gasteiger partial charge on any atom is -0.308 e. The predicted octanol–water partition coefficient (Wildman–Crippen LogP) is 13.8. The van der Waals surface area contributed by atoms with Crippen molar-refractivity contribution in [2.45, 2.75) is 0 Å². The SMILES string of the molecule is c1ccc(N(c2ccccc2)c2cccc3c4cccc5c6cc7c(cc6n(c23)c54)c2cc3ccccc3c3c4c5ccccc5ccc4n7c23)cc1. The van der Waals surface area contributed by atoms with Crippen molar-refractivity contribution in [1.82, 2.24) is 8.80 Å². The fourth-order valence-electron chi connectivity index (χ4n) is 9.80. The van der Waals surface area contributed by atoms with E-state index >= 15 is 0 Å². The number of hydrogen-bond acceptors (Lipinski definition) is 1. The standard InChI is InChI=1S/C50H29N3/c1-3-15-32(16-4-1)51(33-17-5-2-6-18-33)43-24-12-23-37-36-21-11-22-38-39-28-44-40(29-45(39)53(48(36)38)49(37)43)41-27-31-14-8-10-20-35(31)47-46-34-19-9-7-13-30(34)25-26-42(46)52(44)50(41)47/h1-29H. The molecule has 0 atom stereocenters. The van der Waals surface area contributed by atoms with Gasteiger partial charge in [0.15, 0.2) is 0 Å². The Bertz CT molecular complexity index is 3570. The number of hydrogen-bond donors (Lipinski definition) is 0. The first-order chi connectivity index (χ1) is 26.3. The highest BCUT2D eigenvalue weighted by Gasteiger charge is 2.26. The summed E-state index contributed by atoms with van der Waals surface area (Å²) in [5, 5.41) is 15.5. The van der Waals surface area contributed by atoms with Crippen LogP contribution >= 0.6 is 0 Å². The Morgan fingerprint density at radius 2 is 0.849 bits per heavy atom. The Kier molecular flexibility index (Phi) is 5.11. The molecule has 53 heavy (non-hydrogen) atoms. The van der Waals surface area contributed by atoms with Crippen LogP contribution in [0, 0.1) is 0 Å². The van der Waals surface area contributed by atoms with Crippen LogP contribution < -0.4 is 4.90 Å². The molecule has 0 aliphatic carbocycles. The van der Waals surface area contributed by atoms with Crippen molar-refractivity contribution in [3.8, 4) is 0 Å². The van der Waals surface area contributed by atoms with Crippen molar-refractivity contribution >= 4 is 115 Å². The van der Waals surface area contributed by atoms with Crippen LogP contribution in [-0.4, -0.2) is 8.80 Å². The van der Waals surface area contributed by atoms with Gasteiger partial charge >= 0.3 is 0 Å². The molecule has 0 radical (unpaired) electrons. The Balaban J connectivity index is 1.23. The summed E-state index contributed by atoms with van der Waals surface area (Å²) in [6.45, 7) is 0. The van der Waals surface area contributed by atoms with Crippen LogP contribution in [0.1, 0.15) is 0 Å². The molecule has 244 valence electrons. The molecule has 0 saturated carbocycles. The molecule has 4 heterocycles. The van der Waals surface area contributed by atoms with Gasteiger partial charge in [0.2, 0.25) is 0 Å². The molecule has 13 rings (SSSR count). The molecule has 3 heteroatoms. The van der Waals surface area contributed by atoms with Crippen LogP contribution in [0.2, 0.25) is 0 Å². The molecule has 4 aromatic heterocycles. The van der Waals surface area contributed by atoms with Gasteiger partial charge in [0.05, 0.1) is 38.8 Å². The molecule has 0 aliphatic rings. The lowest BCUT2D eigenvalue weighted by Gasteiger charge is -2.26. The van der Waals surface area contributed by atoms with Gasteiger partial charge in [0, 0.05) is 54.5 Å². The van der Waals surface area contributed by atoms with Gasteiger partial charge in [-0.1, -0.05) is 121 Å². The lowest BCUT2D eigenvalue weighted by molar-refractivity contribution is 1.27. The van der Waals surface area contributed by atoms with Crippen molar-refractivity contribution < 1.29 is 0 Å². The van der Waals surface area contributed by atoms with Gasteiger partial charge in [-0.15, -0.1) is 0 Å². The van der Waals surface area contributed by atoms with Crippen LogP contribution in [0.25, 0.3) is 97.7 Å². The maximum atomic E-state index is 2.56. The monoisotopic (exact) mass is 671 g/mol. The highest BCUT2D eigenvalue weighted by atomic mass is 15.2. The molecular formula is C50H29N3. The predicted molar refractivity (Wildman–Crippen MR) is 225 cm³/mol. The Morgan fingerprint density at radius 1 is 0.302 bits per heavy atom. The van der Waals surface area contributed by atoms with E-state index in [2.05, 4.69) is 190 Å². The summed E-state index contributed by atoms with van der Waals surface area (Å²) in [6.07, 6.45) is 0. The molecule has 9 aromatic carbocycles.